The van der Waals surface area contributed by atoms with Crippen LogP contribution in [0, 0.1) is 0 Å². The largest absolute Gasteiger partial charge is 0.457 e. The smallest absolute Gasteiger partial charge is 0.194 e. The molecule has 2 heterocycles. The van der Waals surface area contributed by atoms with Gasteiger partial charge in [-0.2, -0.15) is 0 Å². The fourth-order valence-electron chi connectivity index (χ4n) is 2.49. The first-order chi connectivity index (χ1) is 12.3. The number of nitrogens with zero attached hydrogens (tertiary/aromatic N) is 2. The molecule has 0 spiro atoms. The number of thiazole rings is 1. The number of para-hydroxylation sites is 1. The Kier molecular flexibility index (Phi) is 4.14. The van der Waals surface area contributed by atoms with E-state index in [0.717, 1.165) is 34.2 Å². The van der Waals surface area contributed by atoms with Crippen LogP contribution in [0.3, 0.4) is 0 Å². The molecule has 0 atom stereocenters. The molecule has 2 aromatic heterocycles. The van der Waals surface area contributed by atoms with Gasteiger partial charge in [0, 0.05) is 17.1 Å². The minimum atomic E-state index is 0.590. The van der Waals surface area contributed by atoms with Gasteiger partial charge in [-0.05, 0) is 48.5 Å². The fraction of sp³-hybridized carbons (Fsp3) is 0. The Balaban J connectivity index is 1.56. The fourth-order valence-corrected chi connectivity index (χ4v) is 3.33. The maximum Gasteiger partial charge on any atom is 0.194 e. The Morgan fingerprint density at radius 2 is 1.68 bits per heavy atom. The highest BCUT2D eigenvalue weighted by Gasteiger charge is 2.09. The van der Waals surface area contributed by atoms with E-state index in [1.54, 1.807) is 10.6 Å². The van der Waals surface area contributed by atoms with E-state index in [4.69, 9.17) is 4.74 Å². The maximum atomic E-state index is 11.1. The monoisotopic (exact) mass is 346 g/mol. The van der Waals surface area contributed by atoms with Crippen LogP contribution < -0.4 is 4.74 Å². The summed E-state index contributed by atoms with van der Waals surface area (Å²) < 4.78 is 7.59. The zero-order valence-corrected chi connectivity index (χ0v) is 14.0. The minimum Gasteiger partial charge on any atom is -0.457 e. The summed E-state index contributed by atoms with van der Waals surface area (Å²) in [5.41, 5.74) is 2.46. The van der Waals surface area contributed by atoms with Crippen LogP contribution in [0.15, 0.2) is 78.3 Å². The highest BCUT2D eigenvalue weighted by atomic mass is 32.1. The van der Waals surface area contributed by atoms with Crippen LogP contribution in [0.5, 0.6) is 11.5 Å². The van der Waals surface area contributed by atoms with E-state index in [1.807, 2.05) is 72.2 Å². The summed E-state index contributed by atoms with van der Waals surface area (Å²) in [6.45, 7) is 0. The van der Waals surface area contributed by atoms with Crippen LogP contribution >= 0.6 is 11.3 Å². The lowest BCUT2D eigenvalue weighted by Crippen LogP contribution is -1.96. The van der Waals surface area contributed by atoms with Gasteiger partial charge in [0.2, 0.25) is 0 Å². The lowest BCUT2D eigenvalue weighted by atomic mass is 10.2. The van der Waals surface area contributed by atoms with Gasteiger partial charge in [0.1, 0.15) is 11.5 Å². The predicted octanol–water partition coefficient (Wildman–Crippen LogP) is 5.21. The highest BCUT2D eigenvalue weighted by Crippen LogP contribution is 2.28. The molecule has 0 fully saturated rings. The second kappa shape index (κ2) is 6.75. The molecule has 0 N–H and O–H groups in total. The summed E-state index contributed by atoms with van der Waals surface area (Å²) in [6, 6.07) is 21.1. The van der Waals surface area contributed by atoms with Crippen molar-refractivity contribution in [2.45, 2.75) is 0 Å². The van der Waals surface area contributed by atoms with Gasteiger partial charge < -0.3 is 4.74 Å². The van der Waals surface area contributed by atoms with Gasteiger partial charge in [0.05, 0.1) is 11.4 Å². The number of aldehydes is 1. The molecule has 0 aliphatic rings. The maximum absolute atomic E-state index is 11.1. The number of rotatable bonds is 5. The van der Waals surface area contributed by atoms with Crippen LogP contribution in [0.2, 0.25) is 0 Å². The van der Waals surface area contributed by atoms with E-state index in [-0.39, 0.29) is 0 Å². The normalized spacial score (nSPS) is 10.6. The van der Waals surface area contributed by atoms with Gasteiger partial charge in [-0.25, -0.2) is 4.98 Å². The van der Waals surface area contributed by atoms with E-state index in [0.29, 0.717) is 5.69 Å². The molecule has 122 valence electrons. The highest BCUT2D eigenvalue weighted by molar-refractivity contribution is 7.12. The molecule has 2 aromatic carbocycles. The van der Waals surface area contributed by atoms with Crippen LogP contribution in [-0.2, 0) is 0 Å². The molecular formula is C20H14N2O2S. The average molecular weight is 346 g/mol. The Morgan fingerprint density at radius 3 is 2.44 bits per heavy atom. The summed E-state index contributed by atoms with van der Waals surface area (Å²) in [5, 5.41) is 2.75. The number of hydrogen-bond acceptors (Lipinski definition) is 4. The molecule has 0 bridgehead atoms. The molecule has 0 saturated carbocycles. The van der Waals surface area contributed by atoms with Crippen molar-refractivity contribution in [3.8, 4) is 27.9 Å². The second-order valence-corrected chi connectivity index (χ2v) is 6.21. The lowest BCUT2D eigenvalue weighted by Gasteiger charge is -2.05. The summed E-state index contributed by atoms with van der Waals surface area (Å²) in [6.07, 6.45) is 2.67. The van der Waals surface area contributed by atoms with Crippen molar-refractivity contribution in [3.63, 3.8) is 0 Å². The van der Waals surface area contributed by atoms with Gasteiger partial charge in [-0.1, -0.05) is 18.2 Å². The van der Waals surface area contributed by atoms with Gasteiger partial charge in [0.15, 0.2) is 11.4 Å². The van der Waals surface area contributed by atoms with E-state index in [9.17, 15) is 4.79 Å². The zero-order chi connectivity index (χ0) is 17.1. The minimum absolute atomic E-state index is 0.590. The summed E-state index contributed by atoms with van der Waals surface area (Å²) in [5.74, 6) is 1.58. The van der Waals surface area contributed by atoms with E-state index in [1.165, 1.54) is 11.3 Å². The SMILES string of the molecule is O=Cc1cccn1-c1nc(-c2ccc(Oc3ccccc3)cc2)cs1. The Hall–Kier alpha value is -3.18. The van der Waals surface area contributed by atoms with Crippen LogP contribution in [0.4, 0.5) is 0 Å². The molecule has 25 heavy (non-hydrogen) atoms. The quantitative estimate of drug-likeness (QED) is 0.466. The summed E-state index contributed by atoms with van der Waals surface area (Å²) in [7, 11) is 0. The van der Waals surface area contributed by atoms with E-state index >= 15 is 0 Å². The van der Waals surface area contributed by atoms with Crippen molar-refractivity contribution in [1.82, 2.24) is 9.55 Å². The first-order valence-electron chi connectivity index (χ1n) is 7.75. The Bertz CT molecular complexity index is 988. The summed E-state index contributed by atoms with van der Waals surface area (Å²) >= 11 is 1.50. The number of hydrogen-bond donors (Lipinski definition) is 0. The van der Waals surface area contributed by atoms with Gasteiger partial charge in [-0.15, -0.1) is 11.3 Å². The van der Waals surface area contributed by atoms with E-state index < -0.39 is 0 Å². The van der Waals surface area contributed by atoms with Gasteiger partial charge >= 0.3 is 0 Å². The number of benzene rings is 2. The first-order valence-corrected chi connectivity index (χ1v) is 8.63. The number of aromatic nitrogens is 2. The molecule has 0 radical (unpaired) electrons. The van der Waals surface area contributed by atoms with E-state index in [2.05, 4.69) is 4.98 Å². The first kappa shape index (κ1) is 15.4. The van der Waals surface area contributed by atoms with Crippen molar-refractivity contribution < 1.29 is 9.53 Å². The third-order valence-electron chi connectivity index (χ3n) is 3.73. The number of carbonyl (C=O) groups excluding carboxylic acids is 1. The number of ether oxygens (including phenoxy) is 1. The van der Waals surface area contributed by atoms with Gasteiger partial charge in [0.25, 0.3) is 0 Å². The lowest BCUT2D eigenvalue weighted by molar-refractivity contribution is 0.111. The molecule has 4 nitrogen and oxygen atoms in total. The Labute approximate surface area is 149 Å². The van der Waals surface area contributed by atoms with Crippen LogP contribution in [0.25, 0.3) is 16.4 Å². The van der Waals surface area contributed by atoms with Crippen LogP contribution in [0.1, 0.15) is 10.5 Å². The van der Waals surface area contributed by atoms with Crippen molar-refractivity contribution in [1.29, 1.82) is 0 Å². The average Bonchev–Trinajstić information content (AvgIpc) is 3.32. The predicted molar refractivity (Wildman–Crippen MR) is 98.8 cm³/mol. The van der Waals surface area contributed by atoms with Crippen LogP contribution in [-0.4, -0.2) is 15.8 Å². The molecule has 0 aliphatic carbocycles. The molecule has 4 rings (SSSR count). The molecule has 0 amide bonds. The summed E-state index contributed by atoms with van der Waals surface area (Å²) in [4.78, 5) is 15.7. The zero-order valence-electron chi connectivity index (χ0n) is 13.2. The van der Waals surface area contributed by atoms with Crippen molar-refractivity contribution >= 4 is 17.6 Å². The molecule has 5 heteroatoms. The van der Waals surface area contributed by atoms with Crippen molar-refractivity contribution in [3.05, 3.63) is 84.0 Å². The van der Waals surface area contributed by atoms with Crippen molar-refractivity contribution in [2.24, 2.45) is 0 Å². The molecule has 0 unspecified atom stereocenters. The molecular weight excluding hydrogens is 332 g/mol. The third kappa shape index (κ3) is 3.22. The Morgan fingerprint density at radius 1 is 0.920 bits per heavy atom. The molecule has 4 aromatic rings. The topological polar surface area (TPSA) is 44.1 Å². The van der Waals surface area contributed by atoms with Gasteiger partial charge in [-0.3, -0.25) is 9.36 Å². The third-order valence-corrected chi connectivity index (χ3v) is 4.57. The second-order valence-electron chi connectivity index (χ2n) is 5.38. The molecule has 0 saturated heterocycles. The standard InChI is InChI=1S/C20H14N2O2S/c23-13-16-5-4-12-22(16)20-21-19(14-25-20)15-8-10-18(11-9-15)24-17-6-2-1-3-7-17/h1-14H. The number of carbonyl (C=O) groups is 1. The molecule has 0 aliphatic heterocycles. The van der Waals surface area contributed by atoms with Crippen molar-refractivity contribution in [2.75, 3.05) is 0 Å².